The smallest absolute Gasteiger partial charge is 0.269 e. The zero-order valence-corrected chi connectivity index (χ0v) is 13.2. The van der Waals surface area contributed by atoms with E-state index in [1.165, 1.54) is 6.07 Å². The van der Waals surface area contributed by atoms with Gasteiger partial charge in [0.25, 0.3) is 5.69 Å². The zero-order valence-electron chi connectivity index (χ0n) is 13.2. The predicted octanol–water partition coefficient (Wildman–Crippen LogP) is 2.78. The molecule has 1 aliphatic carbocycles. The van der Waals surface area contributed by atoms with Crippen molar-refractivity contribution in [1.82, 2.24) is 0 Å². The number of non-ortho nitro benzene ring substituents is 1. The average Bonchev–Trinajstić information content (AvgIpc) is 3.10. The van der Waals surface area contributed by atoms with Crippen LogP contribution in [-0.4, -0.2) is 10.9 Å². The number of nitro benzene ring substituents is 1. The van der Waals surface area contributed by atoms with Crippen LogP contribution >= 0.6 is 0 Å². The van der Waals surface area contributed by atoms with Crippen molar-refractivity contribution in [3.63, 3.8) is 0 Å². The molecule has 0 radical (unpaired) electrons. The molecule has 0 bridgehead atoms. The maximum atomic E-state index is 11.1. The summed E-state index contributed by atoms with van der Waals surface area (Å²) in [5.74, 6) is -0.841. The lowest BCUT2D eigenvalue weighted by atomic mass is 9.77. The van der Waals surface area contributed by atoms with Gasteiger partial charge in [-0.1, -0.05) is 36.4 Å². The molecule has 0 spiro atoms. The molecule has 0 aromatic heterocycles. The lowest BCUT2D eigenvalue weighted by Gasteiger charge is -2.37. The molecule has 6 heteroatoms. The molecule has 2 aliphatic rings. The van der Waals surface area contributed by atoms with Gasteiger partial charge in [0.1, 0.15) is 0 Å². The zero-order chi connectivity index (χ0) is 17.6. The first-order valence-corrected chi connectivity index (χ1v) is 8.07. The Kier molecular flexibility index (Phi) is 3.53. The van der Waals surface area contributed by atoms with E-state index in [1.807, 2.05) is 0 Å². The molecule has 6 nitrogen and oxygen atoms in total. The van der Waals surface area contributed by atoms with Crippen molar-refractivity contribution in [3.8, 4) is 0 Å². The third-order valence-electron chi connectivity index (χ3n) is 5.06. The molecule has 126 valence electrons. The van der Waals surface area contributed by atoms with Crippen LogP contribution in [0.2, 0.25) is 0 Å². The van der Waals surface area contributed by atoms with Gasteiger partial charge >= 0.3 is 0 Å². The molecule has 0 saturated carbocycles. The maximum Gasteiger partial charge on any atom is 0.269 e. The Morgan fingerprint density at radius 2 is 1.92 bits per heavy atom. The number of carbonyl (C=O) groups is 1. The summed E-state index contributed by atoms with van der Waals surface area (Å²) in [4.78, 5) is 21.6. The molecule has 4 rings (SSSR count). The van der Waals surface area contributed by atoms with E-state index in [-0.39, 0.29) is 34.1 Å². The Balaban J connectivity index is 1.72. The summed E-state index contributed by atoms with van der Waals surface area (Å²) in [6.45, 7) is 0. The quantitative estimate of drug-likeness (QED) is 0.529. The number of hydrogen-bond donors (Lipinski definition) is 1. The Hall–Kier alpha value is -3.15. The van der Waals surface area contributed by atoms with Crippen LogP contribution in [0.25, 0.3) is 0 Å². The van der Waals surface area contributed by atoms with Crippen molar-refractivity contribution in [1.29, 1.82) is 0 Å². The number of rotatable bonds is 3. The van der Waals surface area contributed by atoms with Crippen molar-refractivity contribution in [2.24, 2.45) is 5.92 Å². The third kappa shape index (κ3) is 2.55. The fourth-order valence-corrected chi connectivity index (χ4v) is 3.85. The van der Waals surface area contributed by atoms with Crippen molar-refractivity contribution in [2.45, 2.75) is 18.4 Å². The van der Waals surface area contributed by atoms with Crippen molar-refractivity contribution in [2.75, 3.05) is 5.32 Å². The number of fused-ring (bicyclic) bond motifs is 3. The van der Waals surface area contributed by atoms with Crippen molar-refractivity contribution in [3.05, 3.63) is 81.4 Å². The van der Waals surface area contributed by atoms with Crippen LogP contribution in [0.1, 0.15) is 39.9 Å². The summed E-state index contributed by atoms with van der Waals surface area (Å²) in [6, 6.07) is 11.6. The molecule has 3 atom stereocenters. The number of nitrogens with one attached hydrogen (secondary N) is 1. The number of allylic oxidation sites excluding steroid dienone is 2. The topological polar surface area (TPSA) is 95.3 Å². The lowest BCUT2D eigenvalue weighted by molar-refractivity contribution is -0.384. The first-order chi connectivity index (χ1) is 12.0. The number of benzene rings is 2. The van der Waals surface area contributed by atoms with Crippen LogP contribution in [-0.2, 0) is 0 Å². The molecular weight excluding hydrogens is 320 g/mol. The van der Waals surface area contributed by atoms with Gasteiger partial charge in [0, 0.05) is 23.7 Å². The van der Waals surface area contributed by atoms with E-state index in [1.54, 1.807) is 36.4 Å². The fourth-order valence-electron chi connectivity index (χ4n) is 3.85. The van der Waals surface area contributed by atoms with E-state index in [0.717, 1.165) is 23.2 Å². The maximum absolute atomic E-state index is 11.1. The van der Waals surface area contributed by atoms with Gasteiger partial charge in [-0.25, -0.2) is 0 Å². The van der Waals surface area contributed by atoms with Gasteiger partial charge in [-0.3, -0.25) is 10.1 Å². The molecule has 2 aromatic carbocycles. The van der Waals surface area contributed by atoms with E-state index in [9.17, 15) is 20.0 Å². The van der Waals surface area contributed by atoms with Gasteiger partial charge in [0.05, 0.1) is 16.9 Å². The first kappa shape index (κ1) is 15.4. The van der Waals surface area contributed by atoms with Crippen LogP contribution < -0.4 is 10.4 Å². The second-order valence-electron chi connectivity index (χ2n) is 6.41. The van der Waals surface area contributed by atoms with Gasteiger partial charge < -0.3 is 15.2 Å². The van der Waals surface area contributed by atoms with E-state index in [4.69, 9.17) is 0 Å². The molecule has 25 heavy (non-hydrogen) atoms. The van der Waals surface area contributed by atoms with E-state index in [0.29, 0.717) is 0 Å². The summed E-state index contributed by atoms with van der Waals surface area (Å²) in [6.07, 6.45) is 5.08. The Morgan fingerprint density at radius 1 is 1.16 bits per heavy atom. The Labute approximate surface area is 144 Å². The summed E-state index contributed by atoms with van der Waals surface area (Å²) in [5.41, 5.74) is 3.06. The number of carboxylic acids is 1. The summed E-state index contributed by atoms with van der Waals surface area (Å²) in [5, 5.41) is 25.5. The first-order valence-electron chi connectivity index (χ1n) is 8.07. The summed E-state index contributed by atoms with van der Waals surface area (Å²) >= 11 is 0. The molecule has 2 aromatic rings. The fraction of sp³-hybridized carbons (Fsp3) is 0.211. The third-order valence-corrected chi connectivity index (χ3v) is 5.06. The largest absolute Gasteiger partial charge is 0.545 e. The molecule has 0 fully saturated rings. The molecule has 1 heterocycles. The Bertz CT molecular complexity index is 889. The molecule has 0 saturated heterocycles. The predicted molar refractivity (Wildman–Crippen MR) is 90.2 cm³/mol. The highest BCUT2D eigenvalue weighted by Crippen LogP contribution is 2.50. The number of carbonyl (C=O) groups excluding carboxylic acids is 1. The van der Waals surface area contributed by atoms with Gasteiger partial charge in [-0.05, 0) is 35.1 Å². The van der Waals surface area contributed by atoms with E-state index < -0.39 is 5.97 Å². The lowest BCUT2D eigenvalue weighted by Crippen LogP contribution is -2.29. The molecular formula is C19H15N2O4-. The van der Waals surface area contributed by atoms with Crippen LogP contribution in [0.15, 0.2) is 54.6 Å². The average molecular weight is 335 g/mol. The van der Waals surface area contributed by atoms with Crippen LogP contribution in [0, 0.1) is 16.0 Å². The normalized spacial score (nSPS) is 23.4. The minimum absolute atomic E-state index is 0.0183. The van der Waals surface area contributed by atoms with Crippen LogP contribution in [0.5, 0.6) is 0 Å². The van der Waals surface area contributed by atoms with E-state index in [2.05, 4.69) is 17.5 Å². The number of carboxylic acid groups (broad SMARTS) is 1. The number of nitro groups is 1. The van der Waals surface area contributed by atoms with Crippen molar-refractivity contribution < 1.29 is 14.8 Å². The van der Waals surface area contributed by atoms with E-state index >= 15 is 0 Å². The highest BCUT2D eigenvalue weighted by molar-refractivity contribution is 5.85. The Morgan fingerprint density at radius 3 is 2.60 bits per heavy atom. The van der Waals surface area contributed by atoms with Gasteiger partial charge in [-0.2, -0.15) is 0 Å². The minimum Gasteiger partial charge on any atom is -0.545 e. The highest BCUT2D eigenvalue weighted by atomic mass is 16.6. The molecule has 1 N–H and O–H groups in total. The van der Waals surface area contributed by atoms with Gasteiger partial charge in [0.2, 0.25) is 0 Å². The van der Waals surface area contributed by atoms with Gasteiger partial charge in [-0.15, -0.1) is 0 Å². The standard InChI is InChI=1S/C19H16N2O4/c22-19(23)12-6-4-11(5-7-12)18-15-3-1-2-14(15)16-10-13(21(24)25)8-9-17(16)20-18/h1-2,4-10,14-15,18,20H,3H2,(H,22,23)/p-1/t14-,15-,18+/m1/s1. The number of anilines is 1. The number of aromatic carboxylic acids is 1. The monoisotopic (exact) mass is 335 g/mol. The summed E-state index contributed by atoms with van der Waals surface area (Å²) < 4.78 is 0. The van der Waals surface area contributed by atoms with Crippen LogP contribution in [0.3, 0.4) is 0 Å². The summed E-state index contributed by atoms with van der Waals surface area (Å²) in [7, 11) is 0. The number of hydrogen-bond acceptors (Lipinski definition) is 5. The van der Waals surface area contributed by atoms with Crippen molar-refractivity contribution >= 4 is 17.3 Å². The highest BCUT2D eigenvalue weighted by Gasteiger charge is 2.38. The minimum atomic E-state index is -1.19. The number of nitrogens with zero attached hydrogens (tertiary/aromatic N) is 1. The molecule has 0 amide bonds. The SMILES string of the molecule is O=C([O-])c1ccc([C@@H]2Nc3ccc([N+](=O)[O-])cc3[C@@H]3C=CC[C@H]32)cc1. The van der Waals surface area contributed by atoms with Crippen LogP contribution in [0.4, 0.5) is 11.4 Å². The van der Waals surface area contributed by atoms with Gasteiger partial charge in [0.15, 0.2) is 0 Å². The molecule has 1 aliphatic heterocycles. The molecule has 0 unspecified atom stereocenters. The second kappa shape index (κ2) is 5.73. The second-order valence-corrected chi connectivity index (χ2v) is 6.41.